The van der Waals surface area contributed by atoms with Gasteiger partial charge in [-0.15, -0.1) is 0 Å². The van der Waals surface area contributed by atoms with Gasteiger partial charge in [0.1, 0.15) is 11.6 Å². The number of hydrogen-bond donors (Lipinski definition) is 1. The van der Waals surface area contributed by atoms with Crippen LogP contribution in [0.1, 0.15) is 12.5 Å². The Morgan fingerprint density at radius 3 is 2.81 bits per heavy atom. The highest BCUT2D eigenvalue weighted by atomic mass is 35.5. The standard InChI is InChI=1S/C14H14ClN3O3/c1-3-16-13-7-10(18(19)20)8-14(17-13)21-12-6-9(2)4-5-11(12)15/h4-8H,3H2,1-2H3,(H,16,17). The minimum atomic E-state index is -0.493. The Morgan fingerprint density at radius 1 is 1.38 bits per heavy atom. The summed E-state index contributed by atoms with van der Waals surface area (Å²) in [5.41, 5.74) is 0.867. The second kappa shape index (κ2) is 6.41. The van der Waals surface area contributed by atoms with Crippen LogP contribution in [0.5, 0.6) is 11.6 Å². The van der Waals surface area contributed by atoms with Crippen molar-refractivity contribution in [3.05, 3.63) is 51.0 Å². The van der Waals surface area contributed by atoms with Gasteiger partial charge < -0.3 is 10.1 Å². The van der Waals surface area contributed by atoms with Gasteiger partial charge in [0.2, 0.25) is 5.88 Å². The molecule has 0 aliphatic carbocycles. The molecule has 1 heterocycles. The number of pyridine rings is 1. The molecule has 1 N–H and O–H groups in total. The maximum absolute atomic E-state index is 11.0. The van der Waals surface area contributed by atoms with Gasteiger partial charge >= 0.3 is 0 Å². The Labute approximate surface area is 126 Å². The lowest BCUT2D eigenvalue weighted by Gasteiger charge is -2.09. The third-order valence-corrected chi connectivity index (χ3v) is 2.97. The summed E-state index contributed by atoms with van der Waals surface area (Å²) in [6, 6.07) is 7.92. The van der Waals surface area contributed by atoms with Crippen LogP contribution < -0.4 is 10.1 Å². The van der Waals surface area contributed by atoms with Gasteiger partial charge in [0, 0.05) is 6.54 Å². The monoisotopic (exact) mass is 307 g/mol. The molecule has 0 saturated heterocycles. The van der Waals surface area contributed by atoms with E-state index >= 15 is 0 Å². The second-order valence-electron chi connectivity index (χ2n) is 4.37. The van der Waals surface area contributed by atoms with Gasteiger partial charge in [-0.05, 0) is 31.5 Å². The Morgan fingerprint density at radius 2 is 2.14 bits per heavy atom. The van der Waals surface area contributed by atoms with Crippen LogP contribution in [-0.2, 0) is 0 Å². The van der Waals surface area contributed by atoms with Crippen LogP contribution in [0.15, 0.2) is 30.3 Å². The van der Waals surface area contributed by atoms with Crippen molar-refractivity contribution in [1.82, 2.24) is 4.98 Å². The quantitative estimate of drug-likeness (QED) is 0.662. The largest absolute Gasteiger partial charge is 0.437 e. The van der Waals surface area contributed by atoms with Crippen LogP contribution in [0.2, 0.25) is 5.02 Å². The SMILES string of the molecule is CCNc1cc([N+](=O)[O-])cc(Oc2cc(C)ccc2Cl)n1. The lowest BCUT2D eigenvalue weighted by Crippen LogP contribution is -2.02. The molecule has 2 rings (SSSR count). The van der Waals surface area contributed by atoms with Crippen LogP contribution in [0.3, 0.4) is 0 Å². The number of nitro groups is 1. The molecular weight excluding hydrogens is 294 g/mol. The first-order chi connectivity index (χ1) is 9.99. The van der Waals surface area contributed by atoms with E-state index in [1.165, 1.54) is 12.1 Å². The molecule has 7 heteroatoms. The molecule has 0 fully saturated rings. The van der Waals surface area contributed by atoms with Gasteiger partial charge in [-0.3, -0.25) is 10.1 Å². The van der Waals surface area contributed by atoms with Gasteiger partial charge in [-0.25, -0.2) is 0 Å². The Hall–Kier alpha value is -2.34. The van der Waals surface area contributed by atoms with Gasteiger partial charge in [-0.1, -0.05) is 17.7 Å². The third kappa shape index (κ3) is 3.82. The number of rotatable bonds is 5. The number of aryl methyl sites for hydroxylation is 1. The Bertz CT molecular complexity index is 677. The topological polar surface area (TPSA) is 77.3 Å². The third-order valence-electron chi connectivity index (χ3n) is 2.66. The van der Waals surface area contributed by atoms with Crippen LogP contribution in [-0.4, -0.2) is 16.5 Å². The summed E-state index contributed by atoms with van der Waals surface area (Å²) in [5.74, 6) is 0.908. The van der Waals surface area contributed by atoms with Crippen molar-refractivity contribution in [2.75, 3.05) is 11.9 Å². The molecule has 0 radical (unpaired) electrons. The van der Waals surface area contributed by atoms with Gasteiger partial charge in [-0.2, -0.15) is 4.98 Å². The van der Waals surface area contributed by atoms with Crippen molar-refractivity contribution >= 4 is 23.1 Å². The number of ether oxygens (including phenoxy) is 1. The van der Waals surface area contributed by atoms with E-state index in [9.17, 15) is 10.1 Å². The first-order valence-electron chi connectivity index (χ1n) is 6.34. The highest BCUT2D eigenvalue weighted by molar-refractivity contribution is 6.32. The average Bonchev–Trinajstić information content (AvgIpc) is 2.43. The fourth-order valence-electron chi connectivity index (χ4n) is 1.72. The summed E-state index contributed by atoms with van der Waals surface area (Å²) in [7, 11) is 0. The summed E-state index contributed by atoms with van der Waals surface area (Å²) >= 11 is 6.05. The van der Waals surface area contributed by atoms with Crippen molar-refractivity contribution in [3.63, 3.8) is 0 Å². The van der Waals surface area contributed by atoms with Gasteiger partial charge in [0.15, 0.2) is 0 Å². The van der Waals surface area contributed by atoms with Crippen molar-refractivity contribution in [1.29, 1.82) is 0 Å². The molecule has 1 aromatic carbocycles. The maximum atomic E-state index is 11.0. The molecule has 0 amide bonds. The fourth-order valence-corrected chi connectivity index (χ4v) is 1.88. The predicted molar refractivity (Wildman–Crippen MR) is 81.3 cm³/mol. The molecule has 0 aliphatic heterocycles. The van der Waals surface area contributed by atoms with Crippen molar-refractivity contribution in [2.45, 2.75) is 13.8 Å². The highest BCUT2D eigenvalue weighted by Gasteiger charge is 2.13. The molecule has 0 atom stereocenters. The maximum Gasteiger partial charge on any atom is 0.278 e. The van der Waals surface area contributed by atoms with E-state index in [2.05, 4.69) is 10.3 Å². The molecule has 0 unspecified atom stereocenters. The minimum absolute atomic E-state index is 0.0975. The molecule has 0 bridgehead atoms. The first-order valence-corrected chi connectivity index (χ1v) is 6.71. The van der Waals surface area contributed by atoms with Gasteiger partial charge in [0.05, 0.1) is 22.1 Å². The number of aromatic nitrogens is 1. The number of nitrogens with one attached hydrogen (secondary N) is 1. The highest BCUT2D eigenvalue weighted by Crippen LogP contribution is 2.31. The zero-order chi connectivity index (χ0) is 15.4. The summed E-state index contributed by atoms with van der Waals surface area (Å²) < 4.78 is 5.58. The molecule has 1 aromatic heterocycles. The van der Waals surface area contributed by atoms with E-state index in [4.69, 9.17) is 16.3 Å². The molecule has 0 spiro atoms. The predicted octanol–water partition coefficient (Wildman–Crippen LogP) is 4.18. The number of hydrogen-bond acceptors (Lipinski definition) is 5. The second-order valence-corrected chi connectivity index (χ2v) is 4.78. The molecule has 0 aliphatic rings. The molecule has 110 valence electrons. The minimum Gasteiger partial charge on any atom is -0.437 e. The van der Waals surface area contributed by atoms with E-state index in [1.807, 2.05) is 19.9 Å². The summed E-state index contributed by atoms with van der Waals surface area (Å²) in [6.07, 6.45) is 0. The van der Waals surface area contributed by atoms with Crippen molar-refractivity contribution in [2.24, 2.45) is 0 Å². The zero-order valence-corrected chi connectivity index (χ0v) is 12.3. The summed E-state index contributed by atoms with van der Waals surface area (Å²) in [6.45, 7) is 4.37. The van der Waals surface area contributed by atoms with Crippen LogP contribution >= 0.6 is 11.6 Å². The Balaban J connectivity index is 2.38. The summed E-state index contributed by atoms with van der Waals surface area (Å²) in [5, 5.41) is 14.3. The van der Waals surface area contributed by atoms with E-state index in [1.54, 1.807) is 12.1 Å². The Kier molecular flexibility index (Phi) is 4.59. The summed E-state index contributed by atoms with van der Waals surface area (Å²) in [4.78, 5) is 14.6. The fraction of sp³-hybridized carbons (Fsp3) is 0.214. The first kappa shape index (κ1) is 15.1. The average molecular weight is 308 g/mol. The number of nitrogens with zero attached hydrogens (tertiary/aromatic N) is 2. The van der Waals surface area contributed by atoms with E-state index in [0.717, 1.165) is 5.56 Å². The number of halogens is 1. The normalized spacial score (nSPS) is 10.2. The molecule has 6 nitrogen and oxygen atoms in total. The molecule has 21 heavy (non-hydrogen) atoms. The van der Waals surface area contributed by atoms with Crippen LogP contribution in [0.25, 0.3) is 0 Å². The van der Waals surface area contributed by atoms with E-state index in [-0.39, 0.29) is 11.6 Å². The number of anilines is 1. The molecular formula is C14H14ClN3O3. The van der Waals surface area contributed by atoms with Crippen LogP contribution in [0, 0.1) is 17.0 Å². The van der Waals surface area contributed by atoms with Gasteiger partial charge in [0.25, 0.3) is 5.69 Å². The lowest BCUT2D eigenvalue weighted by atomic mass is 10.2. The van der Waals surface area contributed by atoms with Crippen molar-refractivity contribution in [3.8, 4) is 11.6 Å². The van der Waals surface area contributed by atoms with Crippen molar-refractivity contribution < 1.29 is 9.66 Å². The van der Waals surface area contributed by atoms with E-state index in [0.29, 0.717) is 23.1 Å². The molecule has 0 saturated carbocycles. The smallest absolute Gasteiger partial charge is 0.278 e. The number of benzene rings is 1. The molecule has 2 aromatic rings. The van der Waals surface area contributed by atoms with E-state index < -0.39 is 4.92 Å². The zero-order valence-electron chi connectivity index (χ0n) is 11.6. The lowest BCUT2D eigenvalue weighted by molar-refractivity contribution is -0.384. The van der Waals surface area contributed by atoms with Crippen LogP contribution in [0.4, 0.5) is 11.5 Å².